The highest BCUT2D eigenvalue weighted by molar-refractivity contribution is 5.87. The van der Waals surface area contributed by atoms with Crippen molar-refractivity contribution < 1.29 is 9.90 Å². The molecule has 2 aromatic rings. The Kier molecular flexibility index (Phi) is 5.05. The number of aromatic carboxylic acids is 1. The molecule has 0 bridgehead atoms. The molecular weight excluding hydrogens is 324 g/mol. The van der Waals surface area contributed by atoms with Gasteiger partial charge in [0, 0.05) is 25.0 Å². The largest absolute Gasteiger partial charge is 0.478 e. The highest BCUT2D eigenvalue weighted by Gasteiger charge is 2.38. The number of nitrogens with one attached hydrogen (secondary N) is 1. The zero-order valence-electron chi connectivity index (χ0n) is 15.0. The standard InChI is InChI=1S/C22H26N2O2/c25-22(26)19-8-6-16(7-9-19)14-24-11-10-17(15-24)13-23-21-12-20(21)18-4-2-1-3-5-18/h1-9,17,20-21,23H,10-15H2,(H,25,26). The molecule has 4 rings (SSSR count). The van der Waals surface area contributed by atoms with Gasteiger partial charge in [0.2, 0.25) is 0 Å². The van der Waals surface area contributed by atoms with E-state index in [1.54, 1.807) is 12.1 Å². The van der Waals surface area contributed by atoms with Crippen LogP contribution in [0, 0.1) is 5.92 Å². The summed E-state index contributed by atoms with van der Waals surface area (Å²) in [6.45, 7) is 4.26. The van der Waals surface area contributed by atoms with Crippen molar-refractivity contribution in [2.45, 2.75) is 31.3 Å². The molecule has 1 heterocycles. The predicted octanol–water partition coefficient (Wildman–Crippen LogP) is 3.35. The average molecular weight is 350 g/mol. The predicted molar refractivity (Wildman–Crippen MR) is 102 cm³/mol. The number of carboxylic acid groups (broad SMARTS) is 1. The fourth-order valence-electron chi connectivity index (χ4n) is 4.04. The molecule has 1 aliphatic heterocycles. The summed E-state index contributed by atoms with van der Waals surface area (Å²) >= 11 is 0. The van der Waals surface area contributed by atoms with Gasteiger partial charge >= 0.3 is 5.97 Å². The quantitative estimate of drug-likeness (QED) is 0.804. The fourth-order valence-corrected chi connectivity index (χ4v) is 4.04. The molecule has 2 aliphatic rings. The maximum atomic E-state index is 10.9. The van der Waals surface area contributed by atoms with E-state index in [4.69, 9.17) is 5.11 Å². The molecule has 0 radical (unpaired) electrons. The van der Waals surface area contributed by atoms with Gasteiger partial charge in [0.15, 0.2) is 0 Å². The summed E-state index contributed by atoms with van der Waals surface area (Å²) in [5.41, 5.74) is 3.01. The molecule has 4 nitrogen and oxygen atoms in total. The summed E-state index contributed by atoms with van der Waals surface area (Å²) in [7, 11) is 0. The number of rotatable bonds is 7. The Bertz CT molecular complexity index is 744. The third kappa shape index (κ3) is 4.14. The van der Waals surface area contributed by atoms with Crippen molar-refractivity contribution in [3.8, 4) is 0 Å². The molecule has 3 unspecified atom stereocenters. The Balaban J connectivity index is 1.20. The smallest absolute Gasteiger partial charge is 0.335 e. The molecule has 2 fully saturated rings. The Morgan fingerprint density at radius 3 is 2.62 bits per heavy atom. The number of hydrogen-bond acceptors (Lipinski definition) is 3. The summed E-state index contributed by atoms with van der Waals surface area (Å²) in [6.07, 6.45) is 2.50. The monoisotopic (exact) mass is 350 g/mol. The van der Waals surface area contributed by atoms with Crippen molar-refractivity contribution in [1.82, 2.24) is 10.2 Å². The van der Waals surface area contributed by atoms with Crippen LogP contribution in [0.1, 0.15) is 40.2 Å². The molecule has 26 heavy (non-hydrogen) atoms. The number of likely N-dealkylation sites (tertiary alicyclic amines) is 1. The second kappa shape index (κ2) is 7.60. The van der Waals surface area contributed by atoms with Crippen molar-refractivity contribution in [2.75, 3.05) is 19.6 Å². The van der Waals surface area contributed by atoms with Crippen LogP contribution < -0.4 is 5.32 Å². The molecule has 0 aromatic heterocycles. The average Bonchev–Trinajstić information content (AvgIpc) is 3.32. The lowest BCUT2D eigenvalue weighted by atomic mass is 10.1. The number of hydrogen-bond donors (Lipinski definition) is 2. The van der Waals surface area contributed by atoms with Crippen molar-refractivity contribution in [3.05, 3.63) is 71.3 Å². The van der Waals surface area contributed by atoms with Crippen molar-refractivity contribution in [1.29, 1.82) is 0 Å². The topological polar surface area (TPSA) is 52.6 Å². The Labute approximate surface area is 154 Å². The number of carboxylic acids is 1. The molecule has 136 valence electrons. The Hall–Kier alpha value is -2.17. The third-order valence-electron chi connectivity index (χ3n) is 5.66. The first kappa shape index (κ1) is 17.3. The van der Waals surface area contributed by atoms with Gasteiger partial charge in [-0.3, -0.25) is 4.90 Å². The maximum Gasteiger partial charge on any atom is 0.335 e. The van der Waals surface area contributed by atoms with E-state index in [9.17, 15) is 4.79 Å². The van der Waals surface area contributed by atoms with Gasteiger partial charge in [0.1, 0.15) is 0 Å². The third-order valence-corrected chi connectivity index (χ3v) is 5.66. The Morgan fingerprint density at radius 2 is 1.88 bits per heavy atom. The van der Waals surface area contributed by atoms with Gasteiger partial charge in [0.05, 0.1) is 5.56 Å². The lowest BCUT2D eigenvalue weighted by Gasteiger charge is -2.16. The first-order valence-electron chi connectivity index (χ1n) is 9.52. The van der Waals surface area contributed by atoms with E-state index in [0.717, 1.165) is 26.2 Å². The number of benzene rings is 2. The lowest BCUT2D eigenvalue weighted by molar-refractivity contribution is 0.0697. The minimum Gasteiger partial charge on any atom is -0.478 e. The zero-order valence-corrected chi connectivity index (χ0v) is 15.0. The summed E-state index contributed by atoms with van der Waals surface area (Å²) in [5.74, 6) is 0.546. The van der Waals surface area contributed by atoms with E-state index in [-0.39, 0.29) is 0 Å². The van der Waals surface area contributed by atoms with Crippen LogP contribution in [0.4, 0.5) is 0 Å². The van der Waals surface area contributed by atoms with Crippen molar-refractivity contribution >= 4 is 5.97 Å². The zero-order chi connectivity index (χ0) is 17.9. The summed E-state index contributed by atoms with van der Waals surface area (Å²) in [4.78, 5) is 13.4. The maximum absolute atomic E-state index is 10.9. The van der Waals surface area contributed by atoms with Crippen LogP contribution in [0.5, 0.6) is 0 Å². The van der Waals surface area contributed by atoms with Gasteiger partial charge in [-0.05, 0) is 55.1 Å². The highest BCUT2D eigenvalue weighted by atomic mass is 16.4. The van der Waals surface area contributed by atoms with Gasteiger partial charge in [-0.1, -0.05) is 42.5 Å². The first-order chi connectivity index (χ1) is 12.7. The second-order valence-electron chi connectivity index (χ2n) is 7.66. The van der Waals surface area contributed by atoms with Crippen LogP contribution in [0.3, 0.4) is 0 Å². The van der Waals surface area contributed by atoms with Gasteiger partial charge in [-0.2, -0.15) is 0 Å². The van der Waals surface area contributed by atoms with Gasteiger partial charge in [-0.15, -0.1) is 0 Å². The van der Waals surface area contributed by atoms with Crippen LogP contribution in [0.2, 0.25) is 0 Å². The molecule has 1 saturated heterocycles. The SMILES string of the molecule is O=C(O)c1ccc(CN2CCC(CNC3CC3c3ccccc3)C2)cc1. The first-order valence-corrected chi connectivity index (χ1v) is 9.52. The summed E-state index contributed by atoms with van der Waals surface area (Å²) in [6, 6.07) is 18.7. The summed E-state index contributed by atoms with van der Waals surface area (Å²) < 4.78 is 0. The van der Waals surface area contributed by atoms with Crippen molar-refractivity contribution in [3.63, 3.8) is 0 Å². The van der Waals surface area contributed by atoms with E-state index in [1.165, 1.54) is 24.0 Å². The van der Waals surface area contributed by atoms with E-state index < -0.39 is 5.97 Å². The van der Waals surface area contributed by atoms with E-state index in [0.29, 0.717) is 23.4 Å². The molecule has 0 spiro atoms. The van der Waals surface area contributed by atoms with E-state index >= 15 is 0 Å². The normalized spacial score (nSPS) is 25.3. The summed E-state index contributed by atoms with van der Waals surface area (Å²) in [5, 5.41) is 12.7. The molecule has 1 saturated carbocycles. The Morgan fingerprint density at radius 1 is 1.12 bits per heavy atom. The molecule has 2 N–H and O–H groups in total. The van der Waals surface area contributed by atoms with Crippen LogP contribution in [0.15, 0.2) is 54.6 Å². The van der Waals surface area contributed by atoms with E-state index in [1.807, 2.05) is 12.1 Å². The minimum atomic E-state index is -0.863. The van der Waals surface area contributed by atoms with Crippen LogP contribution in [-0.4, -0.2) is 41.7 Å². The number of nitrogens with zero attached hydrogens (tertiary/aromatic N) is 1. The minimum absolute atomic E-state index is 0.356. The molecular formula is C22H26N2O2. The van der Waals surface area contributed by atoms with Crippen LogP contribution in [-0.2, 0) is 6.54 Å². The molecule has 4 heteroatoms. The second-order valence-corrected chi connectivity index (χ2v) is 7.66. The van der Waals surface area contributed by atoms with Gasteiger partial charge in [0.25, 0.3) is 0 Å². The molecule has 0 amide bonds. The molecule has 2 aromatic carbocycles. The highest BCUT2D eigenvalue weighted by Crippen LogP contribution is 2.40. The number of carbonyl (C=O) groups is 1. The van der Waals surface area contributed by atoms with Gasteiger partial charge in [-0.25, -0.2) is 4.79 Å². The fraction of sp³-hybridized carbons (Fsp3) is 0.409. The van der Waals surface area contributed by atoms with Crippen LogP contribution >= 0.6 is 0 Å². The van der Waals surface area contributed by atoms with Crippen molar-refractivity contribution in [2.24, 2.45) is 5.92 Å². The van der Waals surface area contributed by atoms with E-state index in [2.05, 4.69) is 40.5 Å². The van der Waals surface area contributed by atoms with Crippen LogP contribution in [0.25, 0.3) is 0 Å². The molecule has 1 aliphatic carbocycles. The molecule has 3 atom stereocenters. The van der Waals surface area contributed by atoms with Gasteiger partial charge < -0.3 is 10.4 Å². The lowest BCUT2D eigenvalue weighted by Crippen LogP contribution is -2.28.